The van der Waals surface area contributed by atoms with Crippen LogP contribution in [0.25, 0.3) is 10.9 Å². The maximum absolute atomic E-state index is 10.2. The molecule has 100 valence electrons. The first-order valence-corrected chi connectivity index (χ1v) is 6.39. The third-order valence-electron chi connectivity index (χ3n) is 3.33. The van der Waals surface area contributed by atoms with Crippen molar-refractivity contribution in [2.45, 2.75) is 26.0 Å². The summed E-state index contributed by atoms with van der Waals surface area (Å²) in [5.41, 5.74) is 7.96. The topological polar surface area (TPSA) is 65.2 Å². The Morgan fingerprint density at radius 3 is 3.05 bits per heavy atom. The lowest BCUT2D eigenvalue weighted by Crippen LogP contribution is -2.31. The standard InChI is InChI=1S/C15H18N2O2/c1-11(15(16)19-10-18)4-5-12-6-7-14-13(9-12)3-2-8-17-14/h2-3,6-11,15H,4-5,16H2,1H3. The number of hydrogen-bond acceptors (Lipinski definition) is 4. The van der Waals surface area contributed by atoms with E-state index in [-0.39, 0.29) is 5.92 Å². The molecule has 2 rings (SSSR count). The van der Waals surface area contributed by atoms with Crippen LogP contribution >= 0.6 is 0 Å². The van der Waals surface area contributed by atoms with Crippen LogP contribution in [0.3, 0.4) is 0 Å². The number of aryl methyl sites for hydroxylation is 1. The normalized spacial score (nSPS) is 14.0. The van der Waals surface area contributed by atoms with Crippen molar-refractivity contribution in [2.24, 2.45) is 11.7 Å². The summed E-state index contributed by atoms with van der Waals surface area (Å²) in [6, 6.07) is 10.2. The SMILES string of the molecule is CC(CCc1ccc2ncccc2c1)C(N)OC=O. The number of nitrogens with two attached hydrogens (primary N) is 1. The van der Waals surface area contributed by atoms with E-state index in [9.17, 15) is 4.79 Å². The Labute approximate surface area is 112 Å². The van der Waals surface area contributed by atoms with E-state index in [0.29, 0.717) is 6.47 Å². The van der Waals surface area contributed by atoms with Crippen LogP contribution in [-0.4, -0.2) is 17.7 Å². The van der Waals surface area contributed by atoms with Crippen molar-refractivity contribution in [1.29, 1.82) is 0 Å². The number of hydrogen-bond donors (Lipinski definition) is 1. The molecule has 4 nitrogen and oxygen atoms in total. The van der Waals surface area contributed by atoms with E-state index >= 15 is 0 Å². The molecule has 0 bridgehead atoms. The number of carbonyl (C=O) groups is 1. The molecule has 2 aromatic rings. The fourth-order valence-corrected chi connectivity index (χ4v) is 2.04. The second-order valence-corrected chi connectivity index (χ2v) is 4.74. The summed E-state index contributed by atoms with van der Waals surface area (Å²) in [6.07, 6.45) is 3.04. The van der Waals surface area contributed by atoms with Gasteiger partial charge in [-0.25, -0.2) is 0 Å². The Balaban J connectivity index is 1.99. The summed E-state index contributed by atoms with van der Waals surface area (Å²) in [7, 11) is 0. The molecule has 19 heavy (non-hydrogen) atoms. The van der Waals surface area contributed by atoms with Gasteiger partial charge in [0.15, 0.2) is 6.23 Å². The molecule has 0 fully saturated rings. The van der Waals surface area contributed by atoms with Gasteiger partial charge in [-0.05, 0) is 36.6 Å². The Hall–Kier alpha value is -1.94. The van der Waals surface area contributed by atoms with Gasteiger partial charge in [0.25, 0.3) is 6.47 Å². The summed E-state index contributed by atoms with van der Waals surface area (Å²) in [6.45, 7) is 2.39. The third kappa shape index (κ3) is 3.51. The third-order valence-corrected chi connectivity index (χ3v) is 3.33. The van der Waals surface area contributed by atoms with Crippen LogP contribution in [-0.2, 0) is 16.0 Å². The van der Waals surface area contributed by atoms with Crippen molar-refractivity contribution in [3.8, 4) is 0 Å². The molecule has 2 unspecified atom stereocenters. The van der Waals surface area contributed by atoms with Crippen molar-refractivity contribution in [2.75, 3.05) is 0 Å². The number of pyridine rings is 1. The van der Waals surface area contributed by atoms with Crippen molar-refractivity contribution >= 4 is 17.4 Å². The summed E-state index contributed by atoms with van der Waals surface area (Å²) in [5, 5.41) is 1.14. The molecule has 0 amide bonds. The zero-order valence-corrected chi connectivity index (χ0v) is 11.0. The second kappa shape index (κ2) is 6.29. The van der Waals surface area contributed by atoms with Gasteiger partial charge < -0.3 is 4.74 Å². The van der Waals surface area contributed by atoms with Crippen molar-refractivity contribution in [3.63, 3.8) is 0 Å². The Morgan fingerprint density at radius 1 is 1.42 bits per heavy atom. The Bertz CT molecular complexity index is 557. The number of nitrogens with zero attached hydrogens (tertiary/aromatic N) is 1. The van der Waals surface area contributed by atoms with Gasteiger partial charge in [0.05, 0.1) is 5.52 Å². The molecule has 2 atom stereocenters. The van der Waals surface area contributed by atoms with E-state index in [4.69, 9.17) is 10.5 Å². The van der Waals surface area contributed by atoms with E-state index < -0.39 is 6.23 Å². The second-order valence-electron chi connectivity index (χ2n) is 4.74. The fraction of sp³-hybridized carbons (Fsp3) is 0.333. The van der Waals surface area contributed by atoms with Crippen LogP contribution in [0.15, 0.2) is 36.5 Å². The highest BCUT2D eigenvalue weighted by Gasteiger charge is 2.13. The Kier molecular flexibility index (Phi) is 4.47. The van der Waals surface area contributed by atoms with E-state index in [2.05, 4.69) is 23.2 Å². The first-order valence-electron chi connectivity index (χ1n) is 6.39. The van der Waals surface area contributed by atoms with Gasteiger partial charge in [0.2, 0.25) is 0 Å². The number of rotatable bonds is 6. The first kappa shape index (κ1) is 13.5. The first-order chi connectivity index (χ1) is 9.20. The van der Waals surface area contributed by atoms with Crippen LogP contribution < -0.4 is 5.73 Å². The van der Waals surface area contributed by atoms with Gasteiger partial charge in [0.1, 0.15) is 0 Å². The molecular formula is C15H18N2O2. The number of carbonyl (C=O) groups excluding carboxylic acids is 1. The molecule has 1 aromatic carbocycles. The highest BCUT2D eigenvalue weighted by molar-refractivity contribution is 5.78. The lowest BCUT2D eigenvalue weighted by molar-refractivity contribution is -0.135. The fourth-order valence-electron chi connectivity index (χ4n) is 2.04. The van der Waals surface area contributed by atoms with Crippen LogP contribution in [0.4, 0.5) is 0 Å². The largest absolute Gasteiger partial charge is 0.449 e. The smallest absolute Gasteiger partial charge is 0.294 e. The summed E-state index contributed by atoms with van der Waals surface area (Å²) in [4.78, 5) is 14.5. The minimum absolute atomic E-state index is 0.134. The van der Waals surface area contributed by atoms with Gasteiger partial charge in [-0.2, -0.15) is 0 Å². The van der Waals surface area contributed by atoms with E-state index in [1.165, 1.54) is 5.56 Å². The van der Waals surface area contributed by atoms with Crippen molar-refractivity contribution in [3.05, 3.63) is 42.1 Å². The minimum atomic E-state index is -0.528. The van der Waals surface area contributed by atoms with Crippen LogP contribution in [0, 0.1) is 5.92 Å². The Morgan fingerprint density at radius 2 is 2.26 bits per heavy atom. The number of ether oxygens (including phenoxy) is 1. The van der Waals surface area contributed by atoms with Crippen molar-refractivity contribution in [1.82, 2.24) is 4.98 Å². The van der Waals surface area contributed by atoms with Gasteiger partial charge in [-0.3, -0.25) is 15.5 Å². The summed E-state index contributed by atoms with van der Waals surface area (Å²) >= 11 is 0. The zero-order chi connectivity index (χ0) is 13.7. The highest BCUT2D eigenvalue weighted by atomic mass is 16.5. The van der Waals surface area contributed by atoms with Gasteiger partial charge in [-0.15, -0.1) is 0 Å². The molecule has 0 aliphatic heterocycles. The predicted molar refractivity (Wildman–Crippen MR) is 74.4 cm³/mol. The summed E-state index contributed by atoms with van der Waals surface area (Å²) < 4.78 is 4.75. The highest BCUT2D eigenvalue weighted by Crippen LogP contribution is 2.17. The van der Waals surface area contributed by atoms with Gasteiger partial charge >= 0.3 is 0 Å². The lowest BCUT2D eigenvalue weighted by atomic mass is 9.99. The van der Waals surface area contributed by atoms with Gasteiger partial charge in [0, 0.05) is 17.5 Å². The molecule has 0 spiro atoms. The molecule has 4 heteroatoms. The van der Waals surface area contributed by atoms with Gasteiger partial charge in [-0.1, -0.05) is 19.1 Å². The number of fused-ring (bicyclic) bond motifs is 1. The minimum Gasteiger partial charge on any atom is -0.449 e. The average molecular weight is 258 g/mol. The molecule has 0 aliphatic rings. The number of aromatic nitrogens is 1. The predicted octanol–water partition coefficient (Wildman–Crippen LogP) is 2.26. The maximum Gasteiger partial charge on any atom is 0.294 e. The monoisotopic (exact) mass is 258 g/mol. The van der Waals surface area contributed by atoms with E-state index in [1.54, 1.807) is 6.20 Å². The molecule has 0 radical (unpaired) electrons. The van der Waals surface area contributed by atoms with Crippen LogP contribution in [0.5, 0.6) is 0 Å². The van der Waals surface area contributed by atoms with Crippen LogP contribution in [0.1, 0.15) is 18.9 Å². The molecule has 0 saturated heterocycles. The van der Waals surface area contributed by atoms with E-state index in [0.717, 1.165) is 23.7 Å². The molecule has 1 heterocycles. The average Bonchev–Trinajstić information content (AvgIpc) is 2.44. The quantitative estimate of drug-likeness (QED) is 0.637. The number of benzene rings is 1. The molecule has 1 aromatic heterocycles. The molecule has 0 saturated carbocycles. The lowest BCUT2D eigenvalue weighted by Gasteiger charge is -2.17. The molecular weight excluding hydrogens is 240 g/mol. The molecule has 2 N–H and O–H groups in total. The van der Waals surface area contributed by atoms with Crippen LogP contribution in [0.2, 0.25) is 0 Å². The van der Waals surface area contributed by atoms with Crippen molar-refractivity contribution < 1.29 is 9.53 Å². The molecule has 0 aliphatic carbocycles. The maximum atomic E-state index is 10.2. The summed E-state index contributed by atoms with van der Waals surface area (Å²) in [5.74, 6) is 0.134. The van der Waals surface area contributed by atoms with E-state index in [1.807, 2.05) is 19.1 Å². The zero-order valence-electron chi connectivity index (χ0n) is 11.0.